The van der Waals surface area contributed by atoms with Gasteiger partial charge in [-0.1, -0.05) is 33.1 Å². The van der Waals surface area contributed by atoms with Gasteiger partial charge in [0, 0.05) is 23.2 Å². The smallest absolute Gasteiger partial charge is 0.0824 e. The Morgan fingerprint density at radius 1 is 1.30 bits per heavy atom. The fourth-order valence-corrected chi connectivity index (χ4v) is 5.54. The molecule has 27 heavy (non-hydrogen) atoms. The van der Waals surface area contributed by atoms with Gasteiger partial charge in [-0.05, 0) is 55.2 Å². The summed E-state index contributed by atoms with van der Waals surface area (Å²) >= 11 is 1.83. The lowest BCUT2D eigenvalue weighted by molar-refractivity contribution is 0.315. The van der Waals surface area contributed by atoms with Crippen molar-refractivity contribution in [3.8, 4) is 0 Å². The molecule has 4 nitrogen and oxygen atoms in total. The molecule has 2 aliphatic carbocycles. The van der Waals surface area contributed by atoms with Crippen LogP contribution < -0.4 is 11.1 Å². The fourth-order valence-electron chi connectivity index (χ4n) is 4.53. The maximum absolute atomic E-state index is 8.65. The standard InChI is InChI=1S/C22H32N4S/c1-22(2)9-8-16(17(23)12-22)21(24)19-11-20-18(26-19)10-15(27-20)13-25-14-6-4-3-5-7-14/h10-11,14,24-26H,3-9,12-13,23H2,1-2H3. The van der Waals surface area contributed by atoms with Gasteiger partial charge in [0.15, 0.2) is 0 Å². The second kappa shape index (κ2) is 7.44. The highest BCUT2D eigenvalue weighted by Gasteiger charge is 2.28. The van der Waals surface area contributed by atoms with Crippen LogP contribution in [0.3, 0.4) is 0 Å². The molecule has 0 aromatic carbocycles. The molecule has 146 valence electrons. The molecular formula is C22H32N4S. The molecule has 0 bridgehead atoms. The Hall–Kier alpha value is -1.59. The van der Waals surface area contributed by atoms with Gasteiger partial charge in [-0.2, -0.15) is 0 Å². The van der Waals surface area contributed by atoms with Gasteiger partial charge in [0.25, 0.3) is 0 Å². The molecule has 1 saturated carbocycles. The lowest BCUT2D eigenvalue weighted by Crippen LogP contribution is -2.30. The van der Waals surface area contributed by atoms with E-state index in [0.717, 1.165) is 48.3 Å². The van der Waals surface area contributed by atoms with Crippen LogP contribution in [-0.4, -0.2) is 16.7 Å². The number of allylic oxidation sites excluding steroid dienone is 2. The maximum atomic E-state index is 8.65. The van der Waals surface area contributed by atoms with E-state index in [1.54, 1.807) is 0 Å². The van der Waals surface area contributed by atoms with Crippen LogP contribution in [0.4, 0.5) is 0 Å². The minimum Gasteiger partial charge on any atom is -0.402 e. The molecule has 4 rings (SSSR count). The predicted molar refractivity (Wildman–Crippen MR) is 116 cm³/mol. The zero-order valence-corrected chi connectivity index (χ0v) is 17.4. The Morgan fingerprint density at radius 3 is 2.78 bits per heavy atom. The topological polar surface area (TPSA) is 77.7 Å². The fraction of sp³-hybridized carbons (Fsp3) is 0.591. The van der Waals surface area contributed by atoms with E-state index in [1.165, 1.54) is 41.7 Å². The second-order valence-corrected chi connectivity index (χ2v) is 10.3. The summed E-state index contributed by atoms with van der Waals surface area (Å²) in [6, 6.07) is 5.06. The van der Waals surface area contributed by atoms with E-state index >= 15 is 0 Å². The van der Waals surface area contributed by atoms with Crippen LogP contribution >= 0.6 is 11.3 Å². The Bertz CT molecular complexity index is 833. The molecule has 0 saturated heterocycles. The third-order valence-corrected chi connectivity index (χ3v) is 7.29. The number of H-pyrrole nitrogens is 1. The van der Waals surface area contributed by atoms with Crippen molar-refractivity contribution in [3.63, 3.8) is 0 Å². The summed E-state index contributed by atoms with van der Waals surface area (Å²) in [4.78, 5) is 4.83. The molecule has 2 aliphatic rings. The van der Waals surface area contributed by atoms with Crippen molar-refractivity contribution in [2.45, 2.75) is 77.8 Å². The van der Waals surface area contributed by atoms with Gasteiger partial charge >= 0.3 is 0 Å². The van der Waals surface area contributed by atoms with Gasteiger partial charge in [-0.25, -0.2) is 0 Å². The average molecular weight is 385 g/mol. The van der Waals surface area contributed by atoms with Crippen LogP contribution in [0.2, 0.25) is 0 Å². The van der Waals surface area contributed by atoms with E-state index in [-0.39, 0.29) is 5.41 Å². The predicted octanol–water partition coefficient (Wildman–Crippen LogP) is 5.44. The molecule has 2 aromatic rings. The van der Waals surface area contributed by atoms with E-state index in [4.69, 9.17) is 11.1 Å². The number of thiophene rings is 1. The van der Waals surface area contributed by atoms with Crippen molar-refractivity contribution in [2.24, 2.45) is 11.1 Å². The van der Waals surface area contributed by atoms with E-state index in [0.29, 0.717) is 11.8 Å². The third-order valence-electron chi connectivity index (χ3n) is 6.21. The second-order valence-electron chi connectivity index (χ2n) is 9.11. The first-order valence-electron chi connectivity index (χ1n) is 10.3. The van der Waals surface area contributed by atoms with Gasteiger partial charge in [0.2, 0.25) is 0 Å². The molecule has 0 aliphatic heterocycles. The van der Waals surface area contributed by atoms with Crippen molar-refractivity contribution in [1.29, 1.82) is 5.41 Å². The third kappa shape index (κ3) is 4.14. The number of hydrogen-bond donors (Lipinski definition) is 4. The number of nitrogens with one attached hydrogen (secondary N) is 3. The molecular weight excluding hydrogens is 352 g/mol. The summed E-state index contributed by atoms with van der Waals surface area (Å²) in [6.07, 6.45) is 9.65. The average Bonchev–Trinajstić information content (AvgIpc) is 3.18. The molecule has 2 aromatic heterocycles. The highest BCUT2D eigenvalue weighted by atomic mass is 32.1. The van der Waals surface area contributed by atoms with E-state index in [2.05, 4.69) is 36.3 Å². The number of nitrogens with two attached hydrogens (primary N) is 1. The minimum absolute atomic E-state index is 0.254. The molecule has 0 atom stereocenters. The van der Waals surface area contributed by atoms with Crippen molar-refractivity contribution in [1.82, 2.24) is 10.3 Å². The molecule has 0 unspecified atom stereocenters. The molecule has 0 radical (unpaired) electrons. The molecule has 0 spiro atoms. The quantitative estimate of drug-likeness (QED) is 0.518. The highest BCUT2D eigenvalue weighted by molar-refractivity contribution is 7.19. The Labute approximate surface area is 166 Å². The number of fused-ring (bicyclic) bond motifs is 1. The van der Waals surface area contributed by atoms with Gasteiger partial charge < -0.3 is 16.0 Å². The molecule has 5 N–H and O–H groups in total. The zero-order chi connectivity index (χ0) is 19.0. The first kappa shape index (κ1) is 18.8. The summed E-state index contributed by atoms with van der Waals surface area (Å²) in [6.45, 7) is 5.47. The number of aromatic amines is 1. The van der Waals surface area contributed by atoms with Crippen LogP contribution in [0, 0.1) is 10.8 Å². The van der Waals surface area contributed by atoms with Crippen LogP contribution in [0.5, 0.6) is 0 Å². The monoisotopic (exact) mass is 384 g/mol. The van der Waals surface area contributed by atoms with E-state index in [9.17, 15) is 0 Å². The minimum atomic E-state index is 0.254. The van der Waals surface area contributed by atoms with Crippen LogP contribution in [-0.2, 0) is 6.54 Å². The summed E-state index contributed by atoms with van der Waals surface area (Å²) in [7, 11) is 0. The first-order valence-corrected chi connectivity index (χ1v) is 11.1. The number of aromatic nitrogens is 1. The molecule has 1 fully saturated rings. The first-order chi connectivity index (χ1) is 12.9. The summed E-state index contributed by atoms with van der Waals surface area (Å²) in [5.74, 6) is 0. The number of hydrogen-bond acceptors (Lipinski definition) is 4. The van der Waals surface area contributed by atoms with Gasteiger partial charge in [0.05, 0.1) is 21.6 Å². The van der Waals surface area contributed by atoms with Crippen molar-refractivity contribution < 1.29 is 0 Å². The van der Waals surface area contributed by atoms with E-state index < -0.39 is 0 Å². The summed E-state index contributed by atoms with van der Waals surface area (Å²) < 4.78 is 1.24. The van der Waals surface area contributed by atoms with Crippen molar-refractivity contribution >= 4 is 27.3 Å². The largest absolute Gasteiger partial charge is 0.402 e. The lowest BCUT2D eigenvalue weighted by Gasteiger charge is -2.31. The van der Waals surface area contributed by atoms with Gasteiger partial charge in [-0.3, -0.25) is 5.41 Å². The van der Waals surface area contributed by atoms with Crippen molar-refractivity contribution in [3.05, 3.63) is 34.0 Å². The normalized spacial score (nSPS) is 21.1. The molecule has 5 heteroatoms. The van der Waals surface area contributed by atoms with Crippen LogP contribution in [0.15, 0.2) is 23.4 Å². The Morgan fingerprint density at radius 2 is 2.07 bits per heavy atom. The maximum Gasteiger partial charge on any atom is 0.0824 e. The highest BCUT2D eigenvalue weighted by Crippen LogP contribution is 2.38. The van der Waals surface area contributed by atoms with Gasteiger partial charge in [-0.15, -0.1) is 11.3 Å². The summed E-state index contributed by atoms with van der Waals surface area (Å²) in [5, 5.41) is 12.4. The van der Waals surface area contributed by atoms with Crippen LogP contribution in [0.25, 0.3) is 10.2 Å². The summed E-state index contributed by atoms with van der Waals surface area (Å²) in [5.41, 5.74) is 11.1. The van der Waals surface area contributed by atoms with Crippen LogP contribution in [0.1, 0.15) is 75.8 Å². The molecule has 2 heterocycles. The number of rotatable bonds is 5. The zero-order valence-electron chi connectivity index (χ0n) is 16.6. The van der Waals surface area contributed by atoms with Crippen molar-refractivity contribution in [2.75, 3.05) is 0 Å². The Kier molecular flexibility index (Phi) is 5.17. The molecule has 0 amide bonds. The van der Waals surface area contributed by atoms with E-state index in [1.807, 2.05) is 11.3 Å². The lowest BCUT2D eigenvalue weighted by atomic mass is 9.75. The SMILES string of the molecule is CC1(C)CCC(C(=N)c2cc3sc(CNC4CCCCC4)cc3[nH]2)=C(N)C1. The Balaban J connectivity index is 1.45. The van der Waals surface area contributed by atoms with Gasteiger partial charge in [0.1, 0.15) is 0 Å².